The molecular weight excluding hydrogens is 370 g/mol. The largest absolute Gasteiger partial charge is 0.384 e. The van der Waals surface area contributed by atoms with Crippen molar-refractivity contribution in [3.63, 3.8) is 0 Å². The van der Waals surface area contributed by atoms with Crippen molar-refractivity contribution in [2.75, 3.05) is 0 Å². The molecule has 5 aliphatic carbocycles. The molecule has 158 valence electrons. The summed E-state index contributed by atoms with van der Waals surface area (Å²) in [5, 5.41) is 16.2. The van der Waals surface area contributed by atoms with Crippen LogP contribution in [-0.4, -0.2) is 11.4 Å². The van der Waals surface area contributed by atoms with E-state index in [1.165, 1.54) is 62.5 Å². The average Bonchev–Trinajstić information content (AvgIpc) is 2.72. The lowest BCUT2D eigenvalue weighted by Crippen LogP contribution is -2.57. The van der Waals surface area contributed by atoms with Crippen molar-refractivity contribution in [1.82, 2.24) is 10.6 Å². The maximum absolute atomic E-state index is 12.8. The summed E-state index contributed by atoms with van der Waals surface area (Å²) in [7, 11) is 0. The molecule has 5 aliphatic rings. The van der Waals surface area contributed by atoms with Crippen LogP contribution in [0, 0.1) is 29.1 Å². The van der Waals surface area contributed by atoms with Gasteiger partial charge in [0.25, 0.3) is 5.91 Å². The topological polar surface area (TPSA) is 64.9 Å². The van der Waals surface area contributed by atoms with Crippen LogP contribution in [0.5, 0.6) is 0 Å². The number of carbonyl (C=O) groups is 1. The zero-order valence-corrected chi connectivity index (χ0v) is 18.0. The zero-order valence-electron chi connectivity index (χ0n) is 18.0. The third-order valence-electron chi connectivity index (χ3n) is 8.15. The maximum Gasteiger partial charge on any atom is 0.263 e. The van der Waals surface area contributed by atoms with Crippen LogP contribution < -0.4 is 10.6 Å². The highest BCUT2D eigenvalue weighted by Gasteiger charge is 2.50. The number of nitriles is 1. The number of hydrogen-bond acceptors (Lipinski definition) is 3. The molecule has 4 heteroatoms. The van der Waals surface area contributed by atoms with E-state index in [0.717, 1.165) is 36.2 Å². The Morgan fingerprint density at radius 1 is 1.10 bits per heavy atom. The summed E-state index contributed by atoms with van der Waals surface area (Å²) in [6, 6.07) is 8.59. The van der Waals surface area contributed by atoms with Gasteiger partial charge in [0.15, 0.2) is 0 Å². The second kappa shape index (κ2) is 7.76. The van der Waals surface area contributed by atoms with Gasteiger partial charge in [0, 0.05) is 11.7 Å². The summed E-state index contributed by atoms with van der Waals surface area (Å²) in [5.41, 5.74) is 4.28. The van der Waals surface area contributed by atoms with Crippen LogP contribution in [0.3, 0.4) is 0 Å². The molecule has 2 N–H and O–H groups in total. The molecule has 1 aromatic carbocycles. The lowest BCUT2D eigenvalue weighted by molar-refractivity contribution is -0.117. The van der Waals surface area contributed by atoms with Crippen molar-refractivity contribution in [2.45, 2.75) is 82.7 Å². The lowest BCUT2D eigenvalue weighted by atomic mass is 9.53. The molecular formula is C26H33N3O. The van der Waals surface area contributed by atoms with E-state index >= 15 is 0 Å². The van der Waals surface area contributed by atoms with E-state index in [0.29, 0.717) is 0 Å². The number of nitrogens with zero attached hydrogens (tertiary/aromatic N) is 1. The number of hydrogen-bond donors (Lipinski definition) is 2. The molecule has 1 amide bonds. The highest BCUT2D eigenvalue weighted by molar-refractivity contribution is 5.97. The molecule has 0 aromatic heterocycles. The number of nitrogens with one attached hydrogen (secondary N) is 2. The van der Waals surface area contributed by atoms with Crippen LogP contribution >= 0.6 is 0 Å². The molecule has 4 fully saturated rings. The third kappa shape index (κ3) is 3.75. The van der Waals surface area contributed by atoms with Crippen molar-refractivity contribution >= 4 is 5.91 Å². The number of benzene rings is 1. The summed E-state index contributed by atoms with van der Waals surface area (Å²) in [6.45, 7) is 2.00. The maximum atomic E-state index is 12.8. The van der Waals surface area contributed by atoms with Crippen LogP contribution in [-0.2, 0) is 17.6 Å². The van der Waals surface area contributed by atoms with Gasteiger partial charge in [-0.2, -0.15) is 5.26 Å². The second-order valence-electron chi connectivity index (χ2n) is 10.4. The van der Waals surface area contributed by atoms with Crippen molar-refractivity contribution in [3.05, 3.63) is 46.7 Å². The fourth-order valence-corrected chi connectivity index (χ4v) is 7.04. The van der Waals surface area contributed by atoms with Gasteiger partial charge in [-0.3, -0.25) is 4.79 Å². The van der Waals surface area contributed by atoms with E-state index in [1.807, 2.05) is 6.92 Å². The highest BCUT2D eigenvalue weighted by atomic mass is 16.1. The Balaban J connectivity index is 1.25. The van der Waals surface area contributed by atoms with Gasteiger partial charge in [0.05, 0.1) is 6.04 Å². The van der Waals surface area contributed by atoms with E-state index in [4.69, 9.17) is 0 Å². The first-order valence-electron chi connectivity index (χ1n) is 11.8. The van der Waals surface area contributed by atoms with E-state index in [1.54, 1.807) is 6.20 Å². The number of rotatable bonds is 5. The number of carbonyl (C=O) groups excluding carboxylic acids is 1. The Hall–Kier alpha value is -2.28. The molecule has 0 radical (unpaired) electrons. The van der Waals surface area contributed by atoms with Gasteiger partial charge >= 0.3 is 0 Å². The van der Waals surface area contributed by atoms with Crippen molar-refractivity contribution in [3.8, 4) is 6.07 Å². The molecule has 0 aliphatic heterocycles. The normalized spacial score (nSPS) is 32.8. The molecule has 30 heavy (non-hydrogen) atoms. The average molecular weight is 404 g/mol. The SMILES string of the molecule is CC(NC(=O)/C(C#N)=C\NC12CC3CC(CC(C3)C1)C2)c1ccc2c(c1)CCCC2. The second-order valence-corrected chi connectivity index (χ2v) is 10.4. The molecule has 4 nitrogen and oxygen atoms in total. The van der Waals surface area contributed by atoms with Crippen LogP contribution in [0.1, 0.15) is 81.0 Å². The fourth-order valence-electron chi connectivity index (χ4n) is 7.04. The molecule has 0 spiro atoms. The minimum atomic E-state index is -0.278. The Bertz CT molecular complexity index is 874. The summed E-state index contributed by atoms with van der Waals surface area (Å²) in [4.78, 5) is 12.8. The van der Waals surface area contributed by atoms with Gasteiger partial charge < -0.3 is 10.6 Å². The van der Waals surface area contributed by atoms with E-state index < -0.39 is 0 Å². The molecule has 6 rings (SSSR count). The van der Waals surface area contributed by atoms with Crippen molar-refractivity contribution in [2.24, 2.45) is 17.8 Å². The standard InChI is InChI=1S/C26H33N3O/c1-17(22-7-6-21-4-2-3-5-23(21)11-22)29-25(30)24(15-27)16-28-26-12-18-8-19(13-26)10-20(9-18)14-26/h6-7,11,16-20,28H,2-5,8-10,12-14H2,1H3,(H,29,30)/b24-16-. The third-order valence-corrected chi connectivity index (χ3v) is 8.15. The van der Waals surface area contributed by atoms with Gasteiger partial charge in [0.2, 0.25) is 0 Å². The van der Waals surface area contributed by atoms with Crippen LogP contribution in [0.2, 0.25) is 0 Å². The van der Waals surface area contributed by atoms with Crippen molar-refractivity contribution < 1.29 is 4.79 Å². The molecule has 4 bridgehead atoms. The monoisotopic (exact) mass is 403 g/mol. The number of fused-ring (bicyclic) bond motifs is 1. The Kier molecular flexibility index (Phi) is 5.09. The quantitative estimate of drug-likeness (QED) is 0.553. The lowest BCUT2D eigenvalue weighted by Gasteiger charge is -2.56. The van der Waals surface area contributed by atoms with Crippen LogP contribution in [0.25, 0.3) is 0 Å². The van der Waals surface area contributed by atoms with E-state index in [9.17, 15) is 10.1 Å². The molecule has 1 atom stereocenters. The van der Waals surface area contributed by atoms with Gasteiger partial charge in [-0.1, -0.05) is 18.2 Å². The Labute approximate surface area is 180 Å². The zero-order chi connectivity index (χ0) is 20.7. The Morgan fingerprint density at radius 2 is 1.73 bits per heavy atom. The van der Waals surface area contributed by atoms with E-state index in [2.05, 4.69) is 34.9 Å². The molecule has 1 unspecified atom stereocenters. The van der Waals surface area contributed by atoms with Gasteiger partial charge in [-0.05, 0) is 106 Å². The minimum absolute atomic E-state index is 0.110. The highest BCUT2D eigenvalue weighted by Crippen LogP contribution is 2.55. The molecule has 0 heterocycles. The van der Waals surface area contributed by atoms with Crippen LogP contribution in [0.4, 0.5) is 0 Å². The number of amides is 1. The first-order chi connectivity index (χ1) is 14.5. The summed E-state index contributed by atoms with van der Waals surface area (Å²) >= 11 is 0. The van der Waals surface area contributed by atoms with Gasteiger partial charge in [-0.15, -0.1) is 0 Å². The summed E-state index contributed by atoms with van der Waals surface area (Å²) in [6.07, 6.45) is 14.2. The predicted octanol–water partition coefficient (Wildman–Crippen LogP) is 4.71. The summed E-state index contributed by atoms with van der Waals surface area (Å²) < 4.78 is 0. The van der Waals surface area contributed by atoms with Crippen molar-refractivity contribution in [1.29, 1.82) is 5.26 Å². The first kappa shape index (κ1) is 19.7. The van der Waals surface area contributed by atoms with E-state index in [-0.39, 0.29) is 23.1 Å². The van der Waals surface area contributed by atoms with Gasteiger partial charge in [-0.25, -0.2) is 0 Å². The van der Waals surface area contributed by atoms with Gasteiger partial charge in [0.1, 0.15) is 11.6 Å². The Morgan fingerprint density at radius 3 is 2.37 bits per heavy atom. The predicted molar refractivity (Wildman–Crippen MR) is 117 cm³/mol. The van der Waals surface area contributed by atoms with Crippen LogP contribution in [0.15, 0.2) is 30.0 Å². The molecule has 1 aromatic rings. The minimum Gasteiger partial charge on any atom is -0.384 e. The fraction of sp³-hybridized carbons (Fsp3) is 0.615. The molecule has 0 saturated heterocycles. The smallest absolute Gasteiger partial charge is 0.263 e. The number of aryl methyl sites for hydroxylation is 2. The summed E-state index contributed by atoms with van der Waals surface area (Å²) in [5.74, 6) is 2.22. The first-order valence-corrected chi connectivity index (χ1v) is 11.8. The molecule has 4 saturated carbocycles.